The fourth-order valence-electron chi connectivity index (χ4n) is 2.65. The van der Waals surface area contributed by atoms with Crippen LogP contribution in [-0.2, 0) is 24.0 Å². The molecule has 30 heavy (non-hydrogen) atoms. The predicted molar refractivity (Wildman–Crippen MR) is 108 cm³/mol. The third-order valence-corrected chi connectivity index (χ3v) is 4.10. The van der Waals surface area contributed by atoms with E-state index in [2.05, 4.69) is 16.0 Å². The number of aliphatic carboxylic acids is 2. The molecule has 11 heteroatoms. The van der Waals surface area contributed by atoms with Crippen LogP contribution in [0.3, 0.4) is 0 Å². The molecular weight excluding hydrogens is 396 g/mol. The van der Waals surface area contributed by atoms with E-state index in [-0.39, 0.29) is 37.5 Å². The maximum atomic E-state index is 12.8. The summed E-state index contributed by atoms with van der Waals surface area (Å²) in [7, 11) is 0. The molecule has 0 fully saturated rings. The fraction of sp³-hybridized carbons (Fsp3) is 0.737. The van der Waals surface area contributed by atoms with E-state index in [0.29, 0.717) is 0 Å². The van der Waals surface area contributed by atoms with Gasteiger partial charge in [-0.15, -0.1) is 0 Å². The van der Waals surface area contributed by atoms with Crippen LogP contribution in [0.15, 0.2) is 0 Å². The average molecular weight is 431 g/mol. The molecule has 0 aromatic rings. The van der Waals surface area contributed by atoms with Gasteiger partial charge in [-0.3, -0.25) is 24.0 Å². The number of nitrogens with one attached hydrogen (secondary N) is 3. The van der Waals surface area contributed by atoms with Crippen LogP contribution in [0.25, 0.3) is 0 Å². The lowest BCUT2D eigenvalue weighted by Crippen LogP contribution is -2.56. The summed E-state index contributed by atoms with van der Waals surface area (Å²) in [5, 5.41) is 24.8. The summed E-state index contributed by atoms with van der Waals surface area (Å²) in [5.41, 5.74) is 5.70. The second-order valence-electron chi connectivity index (χ2n) is 8.03. The van der Waals surface area contributed by atoms with E-state index >= 15 is 0 Å². The van der Waals surface area contributed by atoms with Gasteiger partial charge in [-0.2, -0.15) is 0 Å². The highest BCUT2D eigenvalue weighted by atomic mass is 16.4. The summed E-state index contributed by atoms with van der Waals surface area (Å²) in [6.45, 7) is 6.81. The molecule has 0 heterocycles. The molecule has 3 atom stereocenters. The van der Waals surface area contributed by atoms with Crippen LogP contribution in [-0.4, -0.2) is 64.5 Å². The van der Waals surface area contributed by atoms with Crippen molar-refractivity contribution >= 4 is 29.7 Å². The Balaban J connectivity index is 5.22. The largest absolute Gasteiger partial charge is 0.481 e. The van der Waals surface area contributed by atoms with Gasteiger partial charge in [0.2, 0.25) is 17.7 Å². The van der Waals surface area contributed by atoms with E-state index in [9.17, 15) is 24.0 Å². The van der Waals surface area contributed by atoms with Crippen molar-refractivity contribution in [3.05, 3.63) is 0 Å². The lowest BCUT2D eigenvalue weighted by atomic mass is 9.99. The Kier molecular flexibility index (Phi) is 12.3. The molecule has 0 spiro atoms. The Morgan fingerprint density at radius 2 is 1.23 bits per heavy atom. The van der Waals surface area contributed by atoms with Crippen molar-refractivity contribution < 1.29 is 34.2 Å². The Bertz CT molecular complexity index is 622. The Labute approximate surface area is 176 Å². The minimum absolute atomic E-state index is 0.0284. The van der Waals surface area contributed by atoms with Gasteiger partial charge in [0.25, 0.3) is 0 Å². The quantitative estimate of drug-likeness (QED) is 0.211. The van der Waals surface area contributed by atoms with Crippen LogP contribution in [0, 0.1) is 11.8 Å². The van der Waals surface area contributed by atoms with E-state index in [1.54, 1.807) is 0 Å². The van der Waals surface area contributed by atoms with Crippen LogP contribution in [0.4, 0.5) is 0 Å². The van der Waals surface area contributed by atoms with Gasteiger partial charge in [-0.1, -0.05) is 27.7 Å². The van der Waals surface area contributed by atoms with Gasteiger partial charge in [0.15, 0.2) is 0 Å². The van der Waals surface area contributed by atoms with Crippen molar-refractivity contribution in [3.8, 4) is 0 Å². The third kappa shape index (κ3) is 12.0. The third-order valence-electron chi connectivity index (χ3n) is 4.10. The van der Waals surface area contributed by atoms with E-state index < -0.39 is 54.3 Å². The van der Waals surface area contributed by atoms with Crippen LogP contribution in [0.5, 0.6) is 0 Å². The van der Waals surface area contributed by atoms with Gasteiger partial charge >= 0.3 is 11.9 Å². The molecule has 0 bridgehead atoms. The standard InChI is InChI=1S/C19H34N4O7/c1-10(2)7-13(18(29)21-9-16(26)27)23-19(30)14(8-11(3)4)22-17(28)12(20)5-6-15(24)25/h10-14H,5-9,20H2,1-4H3,(H,21,29)(H,22,28)(H,23,30)(H,24,25)(H,26,27). The maximum absolute atomic E-state index is 12.8. The van der Waals surface area contributed by atoms with Gasteiger partial charge in [-0.25, -0.2) is 0 Å². The van der Waals surface area contributed by atoms with Crippen molar-refractivity contribution in [1.29, 1.82) is 0 Å². The first-order valence-electron chi connectivity index (χ1n) is 9.91. The average Bonchev–Trinajstić information content (AvgIpc) is 2.61. The van der Waals surface area contributed by atoms with Crippen molar-refractivity contribution in [3.63, 3.8) is 0 Å². The highest BCUT2D eigenvalue weighted by molar-refractivity contribution is 5.93. The molecule has 0 rings (SSSR count). The first-order valence-corrected chi connectivity index (χ1v) is 9.91. The second kappa shape index (κ2) is 13.5. The molecule has 7 N–H and O–H groups in total. The highest BCUT2D eigenvalue weighted by Gasteiger charge is 2.29. The van der Waals surface area contributed by atoms with Crippen LogP contribution >= 0.6 is 0 Å². The molecule has 3 unspecified atom stereocenters. The van der Waals surface area contributed by atoms with Crippen molar-refractivity contribution in [2.45, 2.75) is 71.5 Å². The van der Waals surface area contributed by atoms with Gasteiger partial charge in [-0.05, 0) is 31.1 Å². The molecule has 0 aliphatic heterocycles. The molecule has 172 valence electrons. The van der Waals surface area contributed by atoms with E-state index in [1.807, 2.05) is 27.7 Å². The molecule has 0 saturated heterocycles. The Morgan fingerprint density at radius 3 is 1.67 bits per heavy atom. The summed E-state index contributed by atoms with van der Waals surface area (Å²) in [6, 6.07) is -3.03. The number of nitrogens with two attached hydrogens (primary N) is 1. The minimum Gasteiger partial charge on any atom is -0.481 e. The van der Waals surface area contributed by atoms with Crippen molar-refractivity contribution in [2.24, 2.45) is 17.6 Å². The molecule has 3 amide bonds. The summed E-state index contributed by atoms with van der Waals surface area (Å²) in [4.78, 5) is 58.7. The number of carbonyl (C=O) groups excluding carboxylic acids is 3. The zero-order valence-corrected chi connectivity index (χ0v) is 17.9. The molecular formula is C19H34N4O7. The van der Waals surface area contributed by atoms with Crippen molar-refractivity contribution in [1.82, 2.24) is 16.0 Å². The van der Waals surface area contributed by atoms with Crippen LogP contribution in [0.2, 0.25) is 0 Å². The second-order valence-corrected chi connectivity index (χ2v) is 8.03. The monoisotopic (exact) mass is 430 g/mol. The molecule has 0 radical (unpaired) electrons. The van der Waals surface area contributed by atoms with Crippen LogP contribution in [0.1, 0.15) is 53.4 Å². The zero-order valence-electron chi connectivity index (χ0n) is 17.9. The lowest BCUT2D eigenvalue weighted by Gasteiger charge is -2.25. The molecule has 11 nitrogen and oxygen atoms in total. The molecule has 0 aromatic carbocycles. The number of hydrogen-bond donors (Lipinski definition) is 6. The minimum atomic E-state index is -1.21. The maximum Gasteiger partial charge on any atom is 0.322 e. The van der Waals surface area contributed by atoms with E-state index in [4.69, 9.17) is 15.9 Å². The topological polar surface area (TPSA) is 188 Å². The van der Waals surface area contributed by atoms with Crippen LogP contribution < -0.4 is 21.7 Å². The SMILES string of the molecule is CC(C)CC(NC(=O)C(N)CCC(=O)O)C(=O)NC(CC(C)C)C(=O)NCC(=O)O. The Morgan fingerprint density at radius 1 is 0.767 bits per heavy atom. The number of amides is 3. The van der Waals surface area contributed by atoms with Crippen molar-refractivity contribution in [2.75, 3.05) is 6.54 Å². The molecule has 0 aromatic heterocycles. The summed E-state index contributed by atoms with van der Waals surface area (Å²) >= 11 is 0. The van der Waals surface area contributed by atoms with Gasteiger partial charge in [0, 0.05) is 6.42 Å². The fourth-order valence-corrected chi connectivity index (χ4v) is 2.65. The zero-order chi connectivity index (χ0) is 23.4. The van der Waals surface area contributed by atoms with Gasteiger partial charge in [0.05, 0.1) is 6.04 Å². The molecule has 0 saturated carbocycles. The summed E-state index contributed by atoms with van der Waals surface area (Å²) < 4.78 is 0. The number of rotatable bonds is 14. The van der Waals surface area contributed by atoms with Gasteiger partial charge < -0.3 is 31.9 Å². The number of carboxylic acids is 2. The molecule has 0 aliphatic carbocycles. The summed E-state index contributed by atoms with van der Waals surface area (Å²) in [5.74, 6) is -4.12. The number of hydrogen-bond acceptors (Lipinski definition) is 6. The number of carboxylic acid groups (broad SMARTS) is 2. The van der Waals surface area contributed by atoms with E-state index in [1.165, 1.54) is 0 Å². The first-order chi connectivity index (χ1) is 13.8. The van der Waals surface area contributed by atoms with Gasteiger partial charge in [0.1, 0.15) is 18.6 Å². The highest BCUT2D eigenvalue weighted by Crippen LogP contribution is 2.09. The smallest absolute Gasteiger partial charge is 0.322 e. The predicted octanol–water partition coefficient (Wildman–Crippen LogP) is -0.559. The normalized spacial score (nSPS) is 14.0. The summed E-state index contributed by atoms with van der Waals surface area (Å²) in [6.07, 6.45) is 0.187. The number of carbonyl (C=O) groups is 5. The lowest BCUT2D eigenvalue weighted by molar-refractivity contribution is -0.139. The Hall–Kier alpha value is -2.69. The van der Waals surface area contributed by atoms with E-state index in [0.717, 1.165) is 0 Å². The first kappa shape index (κ1) is 27.3. The molecule has 0 aliphatic rings.